The highest BCUT2D eigenvalue weighted by molar-refractivity contribution is 6.01. The lowest BCUT2D eigenvalue weighted by Gasteiger charge is -2.26. The number of Topliss-reactive ketones (excluding diaryl/α,β-unsaturated/α-hetero) is 1. The summed E-state index contributed by atoms with van der Waals surface area (Å²) in [6.07, 6.45) is 0. The number of carbonyl (C=O) groups is 1. The van der Waals surface area contributed by atoms with Gasteiger partial charge in [-0.25, -0.2) is 0 Å². The molecule has 0 saturated heterocycles. The maximum absolute atomic E-state index is 12.4. The summed E-state index contributed by atoms with van der Waals surface area (Å²) in [6, 6.07) is 18.3. The first kappa shape index (κ1) is 13.8. The Bertz CT molecular complexity index is 644. The third kappa shape index (κ3) is 2.86. The number of likely N-dealkylation sites (N-methyl/N-ethyl adjacent to an activating group) is 1. The molecule has 0 fully saturated rings. The van der Waals surface area contributed by atoms with Crippen molar-refractivity contribution < 1.29 is 4.79 Å². The van der Waals surface area contributed by atoms with Crippen molar-refractivity contribution in [2.24, 2.45) is 0 Å². The van der Waals surface area contributed by atoms with Gasteiger partial charge in [0.15, 0.2) is 5.78 Å². The third-order valence-corrected chi connectivity index (χ3v) is 3.40. The van der Waals surface area contributed by atoms with Crippen LogP contribution >= 0.6 is 0 Å². The molecule has 0 aromatic heterocycles. The van der Waals surface area contributed by atoms with E-state index in [0.717, 1.165) is 5.69 Å². The van der Waals surface area contributed by atoms with Gasteiger partial charge in [0.2, 0.25) is 0 Å². The van der Waals surface area contributed by atoms with Gasteiger partial charge >= 0.3 is 0 Å². The first-order valence-electron chi connectivity index (χ1n) is 6.45. The van der Waals surface area contributed by atoms with Gasteiger partial charge in [0.25, 0.3) is 0 Å². The largest absolute Gasteiger partial charge is 0.364 e. The van der Waals surface area contributed by atoms with Crippen molar-refractivity contribution in [3.63, 3.8) is 0 Å². The number of nitrogens with zero attached hydrogens (tertiary/aromatic N) is 2. The second-order valence-corrected chi connectivity index (χ2v) is 4.68. The Balaban J connectivity index is 2.22. The molecule has 3 nitrogen and oxygen atoms in total. The van der Waals surface area contributed by atoms with E-state index in [0.29, 0.717) is 11.1 Å². The molecule has 0 radical (unpaired) electrons. The molecule has 0 aliphatic carbocycles. The molecule has 100 valence electrons. The summed E-state index contributed by atoms with van der Waals surface area (Å²) in [5, 5.41) is 8.93. The molecule has 20 heavy (non-hydrogen) atoms. The van der Waals surface area contributed by atoms with Crippen LogP contribution in [0.4, 0.5) is 5.69 Å². The second-order valence-electron chi connectivity index (χ2n) is 4.68. The lowest BCUT2D eigenvalue weighted by atomic mass is 10.0. The van der Waals surface area contributed by atoms with Crippen molar-refractivity contribution in [2.75, 3.05) is 11.9 Å². The fraction of sp³-hybridized carbons (Fsp3) is 0.176. The average Bonchev–Trinajstić information content (AvgIpc) is 2.53. The van der Waals surface area contributed by atoms with Crippen LogP contribution in [-0.4, -0.2) is 18.9 Å². The molecule has 0 bridgehead atoms. The molecule has 2 rings (SSSR count). The predicted octanol–water partition coefficient (Wildman–Crippen LogP) is 3.27. The lowest BCUT2D eigenvalue weighted by Crippen LogP contribution is -2.36. The predicted molar refractivity (Wildman–Crippen MR) is 79.8 cm³/mol. The summed E-state index contributed by atoms with van der Waals surface area (Å²) in [5.74, 6) is 0.0652. The molecule has 0 heterocycles. The number of ketones is 1. The summed E-state index contributed by atoms with van der Waals surface area (Å²) in [4.78, 5) is 14.3. The van der Waals surface area contributed by atoms with E-state index in [1.54, 1.807) is 12.1 Å². The molecule has 0 N–H and O–H groups in total. The van der Waals surface area contributed by atoms with Crippen LogP contribution in [0.5, 0.6) is 0 Å². The van der Waals surface area contributed by atoms with Crippen LogP contribution < -0.4 is 4.90 Å². The van der Waals surface area contributed by atoms with Gasteiger partial charge in [-0.1, -0.05) is 36.4 Å². The van der Waals surface area contributed by atoms with Crippen LogP contribution in [0, 0.1) is 11.3 Å². The Kier molecular flexibility index (Phi) is 4.17. The number of hydrogen-bond acceptors (Lipinski definition) is 3. The fourth-order valence-electron chi connectivity index (χ4n) is 2.04. The van der Waals surface area contributed by atoms with Gasteiger partial charge in [-0.2, -0.15) is 5.26 Å². The van der Waals surface area contributed by atoms with Crippen molar-refractivity contribution >= 4 is 11.5 Å². The van der Waals surface area contributed by atoms with E-state index in [2.05, 4.69) is 6.07 Å². The van der Waals surface area contributed by atoms with E-state index in [9.17, 15) is 4.79 Å². The molecule has 0 aliphatic rings. The smallest absolute Gasteiger partial charge is 0.184 e. The number of benzene rings is 2. The fourth-order valence-corrected chi connectivity index (χ4v) is 2.04. The van der Waals surface area contributed by atoms with Crippen molar-refractivity contribution in [1.82, 2.24) is 0 Å². The Labute approximate surface area is 119 Å². The SMILES string of the molecule is CC(C(=O)c1ccccc1)N(C)c1cccc(C#N)c1. The van der Waals surface area contributed by atoms with E-state index < -0.39 is 0 Å². The van der Waals surface area contributed by atoms with Crippen molar-refractivity contribution in [3.8, 4) is 6.07 Å². The number of anilines is 1. The Morgan fingerprint density at radius 3 is 2.50 bits per heavy atom. The van der Waals surface area contributed by atoms with E-state index in [1.165, 1.54) is 0 Å². The molecule has 2 aromatic carbocycles. The zero-order valence-corrected chi connectivity index (χ0v) is 11.6. The van der Waals surface area contributed by atoms with E-state index in [4.69, 9.17) is 5.26 Å². The Morgan fingerprint density at radius 2 is 1.85 bits per heavy atom. The van der Waals surface area contributed by atoms with Crippen LogP contribution in [0.3, 0.4) is 0 Å². The molecular formula is C17H16N2O. The summed E-state index contributed by atoms with van der Waals surface area (Å²) in [5.41, 5.74) is 2.15. The van der Waals surface area contributed by atoms with E-state index in [1.807, 2.05) is 61.3 Å². The second kappa shape index (κ2) is 6.03. The van der Waals surface area contributed by atoms with Gasteiger partial charge in [0.1, 0.15) is 0 Å². The van der Waals surface area contributed by atoms with Crippen LogP contribution in [0.2, 0.25) is 0 Å². The number of nitriles is 1. The Morgan fingerprint density at radius 1 is 1.15 bits per heavy atom. The average molecular weight is 264 g/mol. The van der Waals surface area contributed by atoms with Crippen molar-refractivity contribution in [1.29, 1.82) is 5.26 Å². The minimum absolute atomic E-state index is 0.0652. The molecule has 0 aliphatic heterocycles. The molecule has 0 saturated carbocycles. The van der Waals surface area contributed by atoms with Gasteiger partial charge in [-0.15, -0.1) is 0 Å². The highest BCUT2D eigenvalue weighted by atomic mass is 16.1. The lowest BCUT2D eigenvalue weighted by molar-refractivity contribution is 0.0966. The number of rotatable bonds is 4. The maximum atomic E-state index is 12.4. The van der Waals surface area contributed by atoms with Gasteiger partial charge in [-0.05, 0) is 25.1 Å². The molecule has 0 amide bonds. The van der Waals surface area contributed by atoms with Crippen LogP contribution in [0.25, 0.3) is 0 Å². The van der Waals surface area contributed by atoms with Gasteiger partial charge in [-0.3, -0.25) is 4.79 Å². The highest BCUT2D eigenvalue weighted by Crippen LogP contribution is 2.18. The van der Waals surface area contributed by atoms with Gasteiger partial charge < -0.3 is 4.90 Å². The quantitative estimate of drug-likeness (QED) is 0.796. The standard InChI is InChI=1S/C17H16N2O/c1-13(17(20)15-8-4-3-5-9-15)19(2)16-10-6-7-14(11-16)12-18/h3-11,13H,1-2H3. The van der Waals surface area contributed by atoms with Crippen LogP contribution in [0.15, 0.2) is 54.6 Å². The topological polar surface area (TPSA) is 44.1 Å². The summed E-state index contributed by atoms with van der Waals surface area (Å²) >= 11 is 0. The minimum atomic E-state index is -0.286. The zero-order chi connectivity index (χ0) is 14.5. The monoisotopic (exact) mass is 264 g/mol. The maximum Gasteiger partial charge on any atom is 0.184 e. The summed E-state index contributed by atoms with van der Waals surface area (Å²) in [7, 11) is 1.86. The summed E-state index contributed by atoms with van der Waals surface area (Å²) in [6.45, 7) is 1.87. The molecule has 3 heteroatoms. The van der Waals surface area contributed by atoms with Gasteiger partial charge in [0, 0.05) is 18.3 Å². The highest BCUT2D eigenvalue weighted by Gasteiger charge is 2.19. The normalized spacial score (nSPS) is 11.4. The van der Waals surface area contributed by atoms with E-state index >= 15 is 0 Å². The number of carbonyl (C=O) groups excluding carboxylic acids is 1. The molecule has 1 unspecified atom stereocenters. The Hall–Kier alpha value is -2.60. The first-order valence-corrected chi connectivity index (χ1v) is 6.45. The van der Waals surface area contributed by atoms with Crippen molar-refractivity contribution in [3.05, 3.63) is 65.7 Å². The number of hydrogen-bond donors (Lipinski definition) is 0. The van der Waals surface area contributed by atoms with Crippen molar-refractivity contribution in [2.45, 2.75) is 13.0 Å². The van der Waals surface area contributed by atoms with Crippen LogP contribution in [0.1, 0.15) is 22.8 Å². The third-order valence-electron chi connectivity index (χ3n) is 3.40. The molecular weight excluding hydrogens is 248 g/mol. The molecule has 0 spiro atoms. The minimum Gasteiger partial charge on any atom is -0.364 e. The van der Waals surface area contributed by atoms with Crippen LogP contribution in [-0.2, 0) is 0 Å². The van der Waals surface area contributed by atoms with E-state index in [-0.39, 0.29) is 11.8 Å². The molecule has 2 aromatic rings. The summed E-state index contributed by atoms with van der Waals surface area (Å²) < 4.78 is 0. The first-order chi connectivity index (χ1) is 9.63. The zero-order valence-electron chi connectivity index (χ0n) is 11.6. The van der Waals surface area contributed by atoms with Gasteiger partial charge in [0.05, 0.1) is 17.7 Å². The molecule has 1 atom stereocenters.